The van der Waals surface area contributed by atoms with Crippen LogP contribution in [0.15, 0.2) is 24.3 Å². The van der Waals surface area contributed by atoms with Crippen LogP contribution in [0, 0.1) is 0 Å². The van der Waals surface area contributed by atoms with Crippen LogP contribution in [0.25, 0.3) is 0 Å². The first-order valence-electron chi connectivity index (χ1n) is 25.9. The van der Waals surface area contributed by atoms with Crippen molar-refractivity contribution in [1.29, 1.82) is 0 Å². The summed E-state index contributed by atoms with van der Waals surface area (Å²) in [5.74, 6) is -0.590. The molecule has 0 aromatic carbocycles. The molecule has 0 rings (SSSR count). The number of aliphatic hydroxyl groups is 1. The number of allylic oxidation sites excluding steroid dienone is 4. The van der Waals surface area contributed by atoms with E-state index < -0.39 is 6.10 Å². The van der Waals surface area contributed by atoms with Crippen molar-refractivity contribution in [3.05, 3.63) is 24.3 Å². The zero-order valence-corrected chi connectivity index (χ0v) is 39.1. The van der Waals surface area contributed by atoms with Crippen LogP contribution < -0.4 is 0 Å². The van der Waals surface area contributed by atoms with E-state index >= 15 is 0 Å². The molecule has 0 amide bonds. The van der Waals surface area contributed by atoms with Crippen LogP contribution in [0.4, 0.5) is 0 Å². The topological polar surface area (TPSA) is 72.8 Å². The van der Waals surface area contributed by atoms with Crippen molar-refractivity contribution >= 4 is 11.9 Å². The van der Waals surface area contributed by atoms with Gasteiger partial charge in [-0.2, -0.15) is 0 Å². The summed E-state index contributed by atoms with van der Waals surface area (Å²) in [6.07, 6.45) is 61.6. The van der Waals surface area contributed by atoms with Crippen molar-refractivity contribution in [3.8, 4) is 0 Å². The normalized spacial score (nSPS) is 12.3. The molecule has 0 radical (unpaired) electrons. The minimum absolute atomic E-state index is 0.0656. The number of hydrogen-bond acceptors (Lipinski definition) is 5. The first kappa shape index (κ1) is 56.4. The lowest BCUT2D eigenvalue weighted by atomic mass is 10.0. The first-order chi connectivity index (χ1) is 28.6. The molecule has 0 aliphatic carbocycles. The molecule has 0 heterocycles. The van der Waals surface area contributed by atoms with E-state index in [1.807, 2.05) is 0 Å². The van der Waals surface area contributed by atoms with Gasteiger partial charge in [0.25, 0.3) is 0 Å². The predicted octanol–water partition coefficient (Wildman–Crippen LogP) is 17.0. The average Bonchev–Trinajstić information content (AvgIpc) is 3.23. The fraction of sp³-hybridized carbons (Fsp3) is 0.887. The number of carbonyl (C=O) groups excluding carboxylic acids is 2. The van der Waals surface area contributed by atoms with Gasteiger partial charge in [0.1, 0.15) is 6.61 Å². The summed E-state index contributed by atoms with van der Waals surface area (Å²) in [5, 5.41) is 9.58. The molecule has 1 atom stereocenters. The maximum atomic E-state index is 12.2. The third-order valence-corrected chi connectivity index (χ3v) is 11.7. The number of aliphatic hydroxyl groups excluding tert-OH is 1. The Labute approximate surface area is 362 Å². The highest BCUT2D eigenvalue weighted by Gasteiger charge is 2.16. The molecule has 0 bridgehead atoms. The molecule has 0 spiro atoms. The van der Waals surface area contributed by atoms with Gasteiger partial charge in [0, 0.05) is 12.8 Å². The second-order valence-electron chi connectivity index (χ2n) is 17.6. The number of ether oxygens (including phenoxy) is 2. The minimum atomic E-state index is -0.770. The molecule has 342 valence electrons. The van der Waals surface area contributed by atoms with Crippen molar-refractivity contribution in [2.24, 2.45) is 0 Å². The maximum Gasteiger partial charge on any atom is 0.306 e. The Morgan fingerprint density at radius 2 is 0.655 bits per heavy atom. The third kappa shape index (κ3) is 47.1. The minimum Gasteiger partial charge on any atom is -0.462 e. The molecule has 0 saturated heterocycles. The van der Waals surface area contributed by atoms with Gasteiger partial charge in [0.2, 0.25) is 0 Å². The Balaban J connectivity index is 3.37. The molecule has 5 nitrogen and oxygen atoms in total. The predicted molar refractivity (Wildman–Crippen MR) is 251 cm³/mol. The second kappa shape index (κ2) is 49.7. The summed E-state index contributed by atoms with van der Waals surface area (Å²) in [6, 6.07) is 0. The van der Waals surface area contributed by atoms with Gasteiger partial charge in [-0.15, -0.1) is 0 Å². The van der Waals surface area contributed by atoms with E-state index in [-0.39, 0.29) is 25.2 Å². The van der Waals surface area contributed by atoms with Crippen molar-refractivity contribution in [2.75, 3.05) is 13.2 Å². The molecular weight excluding hydrogens is 717 g/mol. The van der Waals surface area contributed by atoms with Crippen molar-refractivity contribution in [2.45, 2.75) is 290 Å². The van der Waals surface area contributed by atoms with Gasteiger partial charge in [-0.1, -0.05) is 237 Å². The molecule has 0 fully saturated rings. The van der Waals surface area contributed by atoms with Crippen LogP contribution in [0.2, 0.25) is 0 Å². The van der Waals surface area contributed by atoms with Gasteiger partial charge in [-0.25, -0.2) is 0 Å². The molecule has 58 heavy (non-hydrogen) atoms. The van der Waals surface area contributed by atoms with Crippen LogP contribution in [-0.2, 0) is 19.1 Å². The zero-order chi connectivity index (χ0) is 42.1. The summed E-state index contributed by atoms with van der Waals surface area (Å²) in [6.45, 7) is 4.12. The standard InChI is InChI=1S/C53H100O5/c1-3-5-7-9-11-13-15-16-17-18-19-20-21-22-23-24-25-26-27-28-29-30-31-32-33-34-35-36-38-40-42-44-46-48-53(56)58-51(49-54)50-57-52(55)47-45-43-41-39-37-14-12-10-8-6-4-2/h10,12,18-19,51,54H,3-9,11,13-17,20-50H2,1-2H3/b12-10-,19-18-. The summed E-state index contributed by atoms with van der Waals surface area (Å²) in [5.41, 5.74) is 0. The Bertz CT molecular complexity index is 882. The number of carbonyl (C=O) groups is 2. The number of rotatable bonds is 48. The summed E-state index contributed by atoms with van der Waals surface area (Å²) in [7, 11) is 0. The van der Waals surface area contributed by atoms with E-state index in [1.54, 1.807) is 0 Å². The summed E-state index contributed by atoms with van der Waals surface area (Å²) in [4.78, 5) is 24.3. The van der Waals surface area contributed by atoms with Gasteiger partial charge in [0.05, 0.1) is 6.61 Å². The maximum absolute atomic E-state index is 12.2. The quantitative estimate of drug-likeness (QED) is 0.0376. The van der Waals surface area contributed by atoms with Gasteiger partial charge in [-0.05, 0) is 57.8 Å². The summed E-state index contributed by atoms with van der Waals surface area (Å²) >= 11 is 0. The molecule has 0 aliphatic heterocycles. The van der Waals surface area contributed by atoms with E-state index in [1.165, 1.54) is 212 Å². The number of unbranched alkanes of at least 4 members (excludes halogenated alkanes) is 36. The van der Waals surface area contributed by atoms with E-state index in [0.717, 1.165) is 44.9 Å². The third-order valence-electron chi connectivity index (χ3n) is 11.7. The Kier molecular flexibility index (Phi) is 48.4. The smallest absolute Gasteiger partial charge is 0.306 e. The molecule has 0 aromatic heterocycles. The lowest BCUT2D eigenvalue weighted by molar-refractivity contribution is -0.161. The van der Waals surface area contributed by atoms with Gasteiger partial charge >= 0.3 is 11.9 Å². The lowest BCUT2D eigenvalue weighted by Crippen LogP contribution is -2.28. The lowest BCUT2D eigenvalue weighted by Gasteiger charge is -2.15. The summed E-state index contributed by atoms with van der Waals surface area (Å²) < 4.78 is 10.6. The first-order valence-corrected chi connectivity index (χ1v) is 25.9. The van der Waals surface area contributed by atoms with Gasteiger partial charge in [0.15, 0.2) is 6.10 Å². The molecular formula is C53H100O5. The van der Waals surface area contributed by atoms with Gasteiger partial charge < -0.3 is 14.6 Å². The van der Waals surface area contributed by atoms with Crippen LogP contribution in [0.1, 0.15) is 284 Å². The van der Waals surface area contributed by atoms with E-state index in [0.29, 0.717) is 12.8 Å². The second-order valence-corrected chi connectivity index (χ2v) is 17.6. The SMILES string of the molecule is CCCC/C=C\CCCCCCCC(=O)OCC(CO)OC(=O)CCCCCCCCCCCCCCCCCCCCCCC/C=C\CCCCCCCCCC. The largest absolute Gasteiger partial charge is 0.462 e. The van der Waals surface area contributed by atoms with Crippen molar-refractivity contribution in [1.82, 2.24) is 0 Å². The van der Waals surface area contributed by atoms with E-state index in [9.17, 15) is 14.7 Å². The molecule has 0 aliphatic rings. The molecule has 0 saturated carbocycles. The highest BCUT2D eigenvalue weighted by Crippen LogP contribution is 2.17. The number of hydrogen-bond donors (Lipinski definition) is 1. The number of esters is 2. The van der Waals surface area contributed by atoms with E-state index in [4.69, 9.17) is 9.47 Å². The molecule has 1 unspecified atom stereocenters. The molecule has 5 heteroatoms. The van der Waals surface area contributed by atoms with Gasteiger partial charge in [-0.3, -0.25) is 9.59 Å². The van der Waals surface area contributed by atoms with Crippen LogP contribution in [0.3, 0.4) is 0 Å². The Morgan fingerprint density at radius 1 is 0.379 bits per heavy atom. The van der Waals surface area contributed by atoms with Crippen LogP contribution in [0.5, 0.6) is 0 Å². The Morgan fingerprint density at radius 3 is 0.983 bits per heavy atom. The van der Waals surface area contributed by atoms with Crippen LogP contribution in [-0.4, -0.2) is 36.4 Å². The molecule has 0 aromatic rings. The molecule has 1 N–H and O–H groups in total. The van der Waals surface area contributed by atoms with Crippen LogP contribution >= 0.6 is 0 Å². The zero-order valence-electron chi connectivity index (χ0n) is 39.1. The van der Waals surface area contributed by atoms with Crippen molar-refractivity contribution in [3.63, 3.8) is 0 Å². The Hall–Kier alpha value is -1.62. The van der Waals surface area contributed by atoms with Crippen molar-refractivity contribution < 1.29 is 24.2 Å². The fourth-order valence-electron chi connectivity index (χ4n) is 7.77. The fourth-order valence-corrected chi connectivity index (χ4v) is 7.77. The monoisotopic (exact) mass is 817 g/mol. The average molecular weight is 817 g/mol. The highest BCUT2D eigenvalue weighted by atomic mass is 16.6. The van der Waals surface area contributed by atoms with E-state index in [2.05, 4.69) is 38.2 Å². The highest BCUT2D eigenvalue weighted by molar-refractivity contribution is 5.70.